The molecule has 14 nitrogen and oxygen atoms in total. The molecule has 0 bridgehead atoms. The van der Waals surface area contributed by atoms with E-state index in [2.05, 4.69) is 361 Å². The average Bonchev–Trinajstić information content (AvgIpc) is 1.57. The van der Waals surface area contributed by atoms with Crippen LogP contribution in [-0.4, -0.2) is 67.3 Å². The zero-order valence-corrected chi connectivity index (χ0v) is 72.1. The van der Waals surface area contributed by atoms with E-state index in [0.29, 0.717) is 34.9 Å². The van der Waals surface area contributed by atoms with Gasteiger partial charge in [-0.25, -0.2) is 39.9 Å². The van der Waals surface area contributed by atoms with Gasteiger partial charge in [0.1, 0.15) is 0 Å². The van der Waals surface area contributed by atoms with Crippen LogP contribution in [-0.2, 0) is 0 Å². The van der Waals surface area contributed by atoms with Crippen molar-refractivity contribution in [3.63, 3.8) is 0 Å². The fourth-order valence-corrected chi connectivity index (χ4v) is 19.7. The van der Waals surface area contributed by atoms with Gasteiger partial charge in [-0.15, -0.1) is 0 Å². The Labute approximate surface area is 768 Å². The zero-order valence-electron chi connectivity index (χ0n) is 72.1. The van der Waals surface area contributed by atoms with Gasteiger partial charge in [0.25, 0.3) is 0 Å². The van der Waals surface area contributed by atoms with Crippen molar-refractivity contribution in [2.45, 2.75) is 0 Å². The highest BCUT2D eigenvalue weighted by Crippen LogP contribution is 2.45. The molecule has 8 aromatic heterocycles. The number of fused-ring (bicyclic) bond motifs is 15. The van der Waals surface area contributed by atoms with Crippen molar-refractivity contribution in [2.75, 3.05) is 0 Å². The molecule has 0 atom stereocenters. The molecule has 19 aromatic carbocycles. The largest absolute Gasteiger partial charge is 0.309 e. The summed E-state index contributed by atoms with van der Waals surface area (Å²) in [5, 5.41) is 11.9. The van der Waals surface area contributed by atoms with Gasteiger partial charge in [-0.05, 0) is 191 Å². The van der Waals surface area contributed by atoms with Crippen LogP contribution < -0.4 is 0 Å². The molecule has 27 aromatic rings. The van der Waals surface area contributed by atoms with E-state index in [0.717, 1.165) is 156 Å². The highest BCUT2D eigenvalue weighted by atomic mass is 15.3. The summed E-state index contributed by atoms with van der Waals surface area (Å²) in [6, 6.07) is 162. The van der Waals surface area contributed by atoms with Crippen LogP contribution in [0.5, 0.6) is 0 Å². The maximum absolute atomic E-state index is 5.52. The van der Waals surface area contributed by atoms with E-state index >= 15 is 0 Å². The standard InChI is InChI=1S/C62H39N7.C58H37N7/c1-4-17-41(18-5-1)59-64-60(42-19-6-2-7-20-42)66-61(65-59)46-29-33-53-58(39-46)68(48-32-28-40-16-10-11-21-43(40)36-48)62(63-53)69-55-27-15-13-25-50(55)52-38-45(31-35-57(52)69)44-30-34-56-51(37-44)49-24-12-14-26-54(49)67(56)47-22-8-3-9-23-47;1-5-17-38(18-6-1)55-60-56(39-19-7-2-8-20-39)62-57(61-55)42-29-32-49-54(37-42)64(44-23-11-4-12-24-44)58(59-49)65-51-28-16-14-26-46(51)48-36-41(31-34-53(48)65)40-30-33-52-47(35-40)45-25-13-15-27-50(45)63(52)43-21-9-3-10-22-43/h1-39H;1-37H. The number of nitrogens with zero attached hydrogens (tertiary/aromatic N) is 14. The lowest BCUT2D eigenvalue weighted by molar-refractivity contribution is 0.955. The molecule has 0 unspecified atom stereocenters. The van der Waals surface area contributed by atoms with Crippen LogP contribution in [0.3, 0.4) is 0 Å². The molecule has 8 heterocycles. The van der Waals surface area contributed by atoms with Gasteiger partial charge in [0, 0.05) is 99.2 Å². The van der Waals surface area contributed by atoms with Crippen molar-refractivity contribution < 1.29 is 0 Å². The van der Waals surface area contributed by atoms with Gasteiger partial charge in [-0.3, -0.25) is 18.3 Å². The molecule has 27 rings (SSSR count). The molecule has 0 spiro atoms. The van der Waals surface area contributed by atoms with Gasteiger partial charge in [-0.1, -0.05) is 303 Å². The molecular weight excluding hydrogens is 1640 g/mol. The van der Waals surface area contributed by atoms with Crippen LogP contribution in [0, 0.1) is 0 Å². The normalized spacial score (nSPS) is 11.7. The van der Waals surface area contributed by atoms with Crippen molar-refractivity contribution in [2.24, 2.45) is 0 Å². The van der Waals surface area contributed by atoms with Crippen LogP contribution in [0.1, 0.15) is 0 Å². The third-order valence-electron chi connectivity index (χ3n) is 26.0. The number of aromatic nitrogens is 14. The lowest BCUT2D eigenvalue weighted by atomic mass is 10.0. The Morgan fingerprint density at radius 3 is 0.724 bits per heavy atom. The Kier molecular flexibility index (Phi) is 18.2. The summed E-state index contributed by atoms with van der Waals surface area (Å²) in [6.45, 7) is 0. The summed E-state index contributed by atoms with van der Waals surface area (Å²) >= 11 is 0. The maximum Gasteiger partial charge on any atom is 0.220 e. The van der Waals surface area contributed by atoms with E-state index in [1.54, 1.807) is 0 Å². The monoisotopic (exact) mass is 1710 g/mol. The molecule has 0 saturated carbocycles. The molecule has 14 heteroatoms. The number of imidazole rings is 2. The van der Waals surface area contributed by atoms with Gasteiger partial charge in [0.05, 0.1) is 66.2 Å². The van der Waals surface area contributed by atoms with Gasteiger partial charge in [0.15, 0.2) is 34.9 Å². The number of benzene rings is 19. The highest BCUT2D eigenvalue weighted by Gasteiger charge is 2.27. The Bertz CT molecular complexity index is 9190. The number of hydrogen-bond donors (Lipinski definition) is 0. The van der Waals surface area contributed by atoms with Crippen molar-refractivity contribution in [1.82, 2.24) is 67.3 Å². The molecule has 0 fully saturated rings. The lowest BCUT2D eigenvalue weighted by Crippen LogP contribution is -2.05. The summed E-state index contributed by atoms with van der Waals surface area (Å²) in [6.07, 6.45) is 0. The topological polar surface area (TPSA) is 133 Å². The van der Waals surface area contributed by atoms with Gasteiger partial charge in [-0.2, -0.15) is 0 Å². The minimum Gasteiger partial charge on any atom is -0.309 e. The van der Waals surface area contributed by atoms with Crippen LogP contribution in [0.15, 0.2) is 461 Å². The van der Waals surface area contributed by atoms with E-state index in [-0.39, 0.29) is 0 Å². The molecule has 134 heavy (non-hydrogen) atoms. The fourth-order valence-electron chi connectivity index (χ4n) is 19.7. The predicted octanol–water partition coefficient (Wildman–Crippen LogP) is 29.3. The first-order valence-corrected chi connectivity index (χ1v) is 45.0. The van der Waals surface area contributed by atoms with Crippen LogP contribution in [0.2, 0.25) is 0 Å². The molecule has 0 aliphatic rings. The minimum atomic E-state index is 0.588. The van der Waals surface area contributed by atoms with Crippen LogP contribution >= 0.6 is 0 Å². The van der Waals surface area contributed by atoms with Crippen molar-refractivity contribution in [1.29, 1.82) is 0 Å². The summed E-state index contributed by atoms with van der Waals surface area (Å²) < 4.78 is 13.9. The molecular formula is C120H76N14. The van der Waals surface area contributed by atoms with E-state index in [4.69, 9.17) is 39.9 Å². The maximum atomic E-state index is 5.52. The molecule has 0 N–H and O–H groups in total. The quantitative estimate of drug-likeness (QED) is 0.105. The molecule has 0 saturated heterocycles. The van der Waals surface area contributed by atoms with E-state index < -0.39 is 0 Å². The highest BCUT2D eigenvalue weighted by molar-refractivity contribution is 6.15. The Morgan fingerprint density at radius 1 is 0.127 bits per heavy atom. The predicted molar refractivity (Wildman–Crippen MR) is 547 cm³/mol. The molecule has 0 aliphatic heterocycles. The summed E-state index contributed by atoms with van der Waals surface area (Å²) in [5.41, 5.74) is 27.0. The third kappa shape index (κ3) is 13.1. The van der Waals surface area contributed by atoms with Crippen molar-refractivity contribution >= 4 is 120 Å². The van der Waals surface area contributed by atoms with Gasteiger partial charge < -0.3 is 9.13 Å². The second-order valence-electron chi connectivity index (χ2n) is 33.9. The van der Waals surface area contributed by atoms with Crippen LogP contribution in [0.25, 0.3) is 245 Å². The fraction of sp³-hybridized carbons (Fsp3) is 0. The lowest BCUT2D eigenvalue weighted by Gasteiger charge is -2.14. The number of para-hydroxylation sites is 7. The van der Waals surface area contributed by atoms with E-state index in [9.17, 15) is 0 Å². The summed E-state index contributed by atoms with van der Waals surface area (Å²) in [4.78, 5) is 41.2. The van der Waals surface area contributed by atoms with Crippen molar-refractivity contribution in [3.8, 4) is 125 Å². The Balaban J connectivity index is 0.000000140. The van der Waals surface area contributed by atoms with Crippen molar-refractivity contribution in [3.05, 3.63) is 461 Å². The summed E-state index contributed by atoms with van der Waals surface area (Å²) in [7, 11) is 0. The zero-order chi connectivity index (χ0) is 88.3. The SMILES string of the molecule is c1ccc(-c2nc(-c3ccccc3)nc(-c3ccc4nc(-n5c6ccccc6c6cc(-c7ccc8c(c7)c7ccccc7n8-c7ccccc7)ccc65)n(-c5ccc6ccccc6c5)c4c3)n2)cc1.c1ccc(-c2nc(-c3ccccc3)nc(-c3ccc4nc(-n5c6ccccc6c6cc(-c7ccc8c(c7)c7ccccc7n8-c7ccccc7)ccc65)n(-c5ccccc5)c4c3)n2)cc1. The molecule has 0 aliphatic carbocycles. The number of rotatable bonds is 14. The Hall–Kier alpha value is -18.4. The molecule has 0 amide bonds. The van der Waals surface area contributed by atoms with E-state index in [1.165, 1.54) is 54.6 Å². The number of hydrogen-bond acceptors (Lipinski definition) is 8. The van der Waals surface area contributed by atoms with Crippen LogP contribution in [0.4, 0.5) is 0 Å². The first-order chi connectivity index (χ1) is 66.4. The smallest absolute Gasteiger partial charge is 0.220 e. The summed E-state index contributed by atoms with van der Waals surface area (Å²) in [5.74, 6) is 5.24. The first kappa shape index (κ1) is 76.8. The third-order valence-corrected chi connectivity index (χ3v) is 26.0. The minimum absolute atomic E-state index is 0.588. The Morgan fingerprint density at radius 2 is 0.381 bits per heavy atom. The second kappa shape index (κ2) is 31.8. The van der Waals surface area contributed by atoms with Gasteiger partial charge in [0.2, 0.25) is 11.9 Å². The molecule has 626 valence electrons. The second-order valence-corrected chi connectivity index (χ2v) is 33.9. The molecule has 0 radical (unpaired) electrons. The average molecular weight is 1710 g/mol. The van der Waals surface area contributed by atoms with E-state index in [1.807, 2.05) is 127 Å². The first-order valence-electron chi connectivity index (χ1n) is 45.0. The van der Waals surface area contributed by atoms with Gasteiger partial charge >= 0.3 is 0 Å².